The maximum absolute atomic E-state index is 11.3. The minimum Gasteiger partial charge on any atom is -0.462 e. The molecule has 0 bridgehead atoms. The number of esters is 1. The van der Waals surface area contributed by atoms with Crippen LogP contribution in [-0.2, 0) is 9.53 Å². The largest absolute Gasteiger partial charge is 0.462 e. The molecule has 0 aromatic rings. The van der Waals surface area contributed by atoms with Crippen LogP contribution in [0, 0.1) is 0 Å². The van der Waals surface area contributed by atoms with Crippen LogP contribution in [0.3, 0.4) is 0 Å². The second kappa shape index (κ2) is 19.5. The van der Waals surface area contributed by atoms with Gasteiger partial charge < -0.3 is 9.84 Å². The van der Waals surface area contributed by atoms with Gasteiger partial charge in [-0.15, -0.1) is 0 Å². The summed E-state index contributed by atoms with van der Waals surface area (Å²) in [5.74, 6) is -0.469. The molecular formula is C22H42O3. The lowest BCUT2D eigenvalue weighted by Crippen LogP contribution is -2.10. The molecule has 1 N–H and O–H groups in total. The van der Waals surface area contributed by atoms with Crippen LogP contribution < -0.4 is 0 Å². The second-order valence-corrected chi connectivity index (χ2v) is 7.20. The Balaban J connectivity index is 3.10. The summed E-state index contributed by atoms with van der Waals surface area (Å²) in [7, 11) is 0. The van der Waals surface area contributed by atoms with Crippen molar-refractivity contribution in [2.75, 3.05) is 13.2 Å². The first kappa shape index (κ1) is 24.2. The molecule has 3 nitrogen and oxygen atoms in total. The minimum atomic E-state index is -0.469. The van der Waals surface area contributed by atoms with Gasteiger partial charge >= 0.3 is 5.97 Å². The van der Waals surface area contributed by atoms with Crippen LogP contribution in [-0.4, -0.2) is 24.3 Å². The average Bonchev–Trinajstić information content (AvgIpc) is 2.63. The number of hydrogen-bond donors (Lipinski definition) is 1. The van der Waals surface area contributed by atoms with Crippen LogP contribution in [0.1, 0.15) is 110 Å². The fourth-order valence-electron chi connectivity index (χ4n) is 2.98. The van der Waals surface area contributed by atoms with E-state index < -0.39 is 5.97 Å². The van der Waals surface area contributed by atoms with E-state index >= 15 is 0 Å². The predicted octanol–water partition coefficient (Wildman–Crippen LogP) is 6.34. The van der Waals surface area contributed by atoms with E-state index in [1.54, 1.807) is 0 Å². The van der Waals surface area contributed by atoms with E-state index in [2.05, 4.69) is 13.5 Å². The van der Waals surface area contributed by atoms with Crippen LogP contribution in [0.4, 0.5) is 0 Å². The Morgan fingerprint density at radius 1 is 0.720 bits per heavy atom. The number of ether oxygens (including phenoxy) is 1. The quantitative estimate of drug-likeness (QED) is 0.167. The molecule has 0 aliphatic heterocycles. The zero-order valence-corrected chi connectivity index (χ0v) is 16.7. The van der Waals surface area contributed by atoms with Crippen molar-refractivity contribution in [2.45, 2.75) is 110 Å². The molecule has 0 aromatic carbocycles. The summed E-state index contributed by atoms with van der Waals surface area (Å²) in [5.41, 5.74) is 0.136. The number of rotatable bonds is 19. The van der Waals surface area contributed by atoms with Gasteiger partial charge in [-0.2, -0.15) is 0 Å². The molecule has 0 fully saturated rings. The summed E-state index contributed by atoms with van der Waals surface area (Å²) < 4.78 is 5.02. The second-order valence-electron chi connectivity index (χ2n) is 7.20. The van der Waals surface area contributed by atoms with Crippen LogP contribution in [0.2, 0.25) is 0 Å². The molecule has 0 amide bonds. The highest BCUT2D eigenvalue weighted by molar-refractivity contribution is 5.87. The number of unbranched alkanes of at least 4 members (excludes halogenated alkanes) is 15. The zero-order valence-electron chi connectivity index (χ0n) is 16.7. The molecule has 25 heavy (non-hydrogen) atoms. The lowest BCUT2D eigenvalue weighted by Gasteiger charge is -2.05. The van der Waals surface area contributed by atoms with Gasteiger partial charge in [0.05, 0.1) is 18.8 Å². The molecule has 0 radical (unpaired) electrons. The van der Waals surface area contributed by atoms with E-state index in [9.17, 15) is 4.79 Å². The number of carbonyl (C=O) groups excluding carboxylic acids is 1. The summed E-state index contributed by atoms with van der Waals surface area (Å²) in [6.45, 7) is 5.84. The number of aliphatic hydroxyl groups is 1. The summed E-state index contributed by atoms with van der Waals surface area (Å²) in [6, 6.07) is 0. The first-order valence-electron chi connectivity index (χ1n) is 10.7. The molecular weight excluding hydrogens is 312 g/mol. The van der Waals surface area contributed by atoms with Crippen LogP contribution >= 0.6 is 0 Å². The van der Waals surface area contributed by atoms with Crippen molar-refractivity contribution in [1.82, 2.24) is 0 Å². The SMILES string of the molecule is C=C(CO)C(=O)OCCCCCCCCCCCCCCCCCC. The molecule has 148 valence electrons. The van der Waals surface area contributed by atoms with Gasteiger partial charge in [-0.25, -0.2) is 4.79 Å². The molecule has 0 spiro atoms. The van der Waals surface area contributed by atoms with Gasteiger partial charge in [0.1, 0.15) is 0 Å². The topological polar surface area (TPSA) is 46.5 Å². The summed E-state index contributed by atoms with van der Waals surface area (Å²) >= 11 is 0. The van der Waals surface area contributed by atoms with Gasteiger partial charge in [0.15, 0.2) is 0 Å². The Bertz CT molecular complexity index is 312. The third-order valence-corrected chi connectivity index (χ3v) is 4.71. The monoisotopic (exact) mass is 354 g/mol. The van der Waals surface area contributed by atoms with Crippen LogP contribution in [0.15, 0.2) is 12.2 Å². The first-order chi connectivity index (χ1) is 12.2. The van der Waals surface area contributed by atoms with Gasteiger partial charge in [-0.1, -0.05) is 110 Å². The summed E-state index contributed by atoms with van der Waals surface area (Å²) in [5, 5.41) is 8.75. The highest BCUT2D eigenvalue weighted by Gasteiger charge is 2.05. The lowest BCUT2D eigenvalue weighted by atomic mass is 10.0. The van der Waals surface area contributed by atoms with Gasteiger partial charge in [-0.05, 0) is 6.42 Å². The Labute approximate surface area is 156 Å². The van der Waals surface area contributed by atoms with Crippen molar-refractivity contribution in [2.24, 2.45) is 0 Å². The van der Waals surface area contributed by atoms with Crippen molar-refractivity contribution in [3.63, 3.8) is 0 Å². The lowest BCUT2D eigenvalue weighted by molar-refractivity contribution is -0.139. The van der Waals surface area contributed by atoms with Gasteiger partial charge in [-0.3, -0.25) is 0 Å². The van der Waals surface area contributed by atoms with E-state index in [4.69, 9.17) is 9.84 Å². The smallest absolute Gasteiger partial charge is 0.335 e. The van der Waals surface area contributed by atoms with Gasteiger partial charge in [0.25, 0.3) is 0 Å². The first-order valence-corrected chi connectivity index (χ1v) is 10.7. The molecule has 0 aromatic heterocycles. The van der Waals surface area contributed by atoms with Gasteiger partial charge in [0, 0.05) is 0 Å². The number of aliphatic hydroxyl groups excluding tert-OH is 1. The molecule has 0 aliphatic rings. The highest BCUT2D eigenvalue weighted by atomic mass is 16.5. The molecule has 0 saturated heterocycles. The Morgan fingerprint density at radius 2 is 1.08 bits per heavy atom. The van der Waals surface area contributed by atoms with E-state index in [-0.39, 0.29) is 12.2 Å². The van der Waals surface area contributed by atoms with Crippen LogP contribution in [0.5, 0.6) is 0 Å². The highest BCUT2D eigenvalue weighted by Crippen LogP contribution is 2.13. The molecule has 3 heteroatoms. The fourth-order valence-corrected chi connectivity index (χ4v) is 2.98. The maximum atomic E-state index is 11.3. The van der Waals surface area contributed by atoms with Crippen molar-refractivity contribution in [3.8, 4) is 0 Å². The van der Waals surface area contributed by atoms with Crippen molar-refractivity contribution in [1.29, 1.82) is 0 Å². The van der Waals surface area contributed by atoms with E-state index in [1.807, 2.05) is 0 Å². The van der Waals surface area contributed by atoms with Crippen molar-refractivity contribution < 1.29 is 14.6 Å². The molecule has 0 aliphatic carbocycles. The predicted molar refractivity (Wildman–Crippen MR) is 107 cm³/mol. The minimum absolute atomic E-state index is 0.136. The Hall–Kier alpha value is -0.830. The molecule has 0 heterocycles. The third-order valence-electron chi connectivity index (χ3n) is 4.71. The Kier molecular flexibility index (Phi) is 18.8. The molecule has 0 unspecified atom stereocenters. The fraction of sp³-hybridized carbons (Fsp3) is 0.864. The van der Waals surface area contributed by atoms with E-state index in [0.29, 0.717) is 6.61 Å². The standard InChI is InChI=1S/C22H42O3/c1-3-4-5-6-7-8-9-10-11-12-13-14-15-16-17-18-19-25-22(24)21(2)20-23/h23H,2-20H2,1H3. The maximum Gasteiger partial charge on any atom is 0.335 e. The number of carbonyl (C=O) groups is 1. The van der Waals surface area contributed by atoms with E-state index in [0.717, 1.165) is 12.8 Å². The third kappa shape index (κ3) is 17.8. The molecule has 0 rings (SSSR count). The van der Waals surface area contributed by atoms with Crippen molar-refractivity contribution in [3.05, 3.63) is 12.2 Å². The number of hydrogen-bond acceptors (Lipinski definition) is 3. The normalized spacial score (nSPS) is 10.8. The molecule has 0 saturated carbocycles. The average molecular weight is 355 g/mol. The molecule has 0 atom stereocenters. The summed E-state index contributed by atoms with van der Waals surface area (Å²) in [4.78, 5) is 11.3. The van der Waals surface area contributed by atoms with Gasteiger partial charge in [0.2, 0.25) is 0 Å². The van der Waals surface area contributed by atoms with Crippen LogP contribution in [0.25, 0.3) is 0 Å². The Morgan fingerprint density at radius 3 is 1.44 bits per heavy atom. The zero-order chi connectivity index (χ0) is 18.6. The van der Waals surface area contributed by atoms with E-state index in [1.165, 1.54) is 89.9 Å². The van der Waals surface area contributed by atoms with Crippen molar-refractivity contribution >= 4 is 5.97 Å². The summed E-state index contributed by atoms with van der Waals surface area (Å²) in [6.07, 6.45) is 21.3.